The van der Waals surface area contributed by atoms with E-state index in [-0.39, 0.29) is 11.7 Å². The van der Waals surface area contributed by atoms with Crippen molar-refractivity contribution in [3.8, 4) is 0 Å². The SMILES string of the molecule is CCn1ccn(C(C)CNC)c1=O. The van der Waals surface area contributed by atoms with Gasteiger partial charge in [-0.3, -0.25) is 9.13 Å². The molecular weight excluding hydrogens is 166 g/mol. The van der Waals surface area contributed by atoms with Crippen LogP contribution in [0.15, 0.2) is 17.2 Å². The van der Waals surface area contributed by atoms with E-state index in [4.69, 9.17) is 0 Å². The zero-order valence-corrected chi connectivity index (χ0v) is 8.45. The highest BCUT2D eigenvalue weighted by atomic mass is 16.1. The molecule has 1 aromatic heterocycles. The monoisotopic (exact) mass is 183 g/mol. The van der Waals surface area contributed by atoms with Crippen molar-refractivity contribution in [2.45, 2.75) is 26.4 Å². The second-order valence-corrected chi connectivity index (χ2v) is 3.18. The number of nitrogens with one attached hydrogen (secondary N) is 1. The lowest BCUT2D eigenvalue weighted by Gasteiger charge is -2.10. The van der Waals surface area contributed by atoms with Crippen LogP contribution in [0.2, 0.25) is 0 Å². The average Bonchev–Trinajstić information content (AvgIpc) is 2.47. The lowest BCUT2D eigenvalue weighted by Crippen LogP contribution is -2.30. The summed E-state index contributed by atoms with van der Waals surface area (Å²) in [5, 5.41) is 3.05. The molecule has 0 fully saturated rings. The van der Waals surface area contributed by atoms with Gasteiger partial charge in [-0.25, -0.2) is 4.79 Å². The van der Waals surface area contributed by atoms with E-state index >= 15 is 0 Å². The van der Waals surface area contributed by atoms with Crippen molar-refractivity contribution < 1.29 is 0 Å². The van der Waals surface area contributed by atoms with Crippen LogP contribution in [0.25, 0.3) is 0 Å². The van der Waals surface area contributed by atoms with Crippen LogP contribution in [-0.2, 0) is 6.54 Å². The van der Waals surface area contributed by atoms with Crippen LogP contribution in [0.3, 0.4) is 0 Å². The molecule has 4 heteroatoms. The molecule has 0 bridgehead atoms. The molecule has 0 spiro atoms. The molecule has 0 amide bonds. The molecule has 4 nitrogen and oxygen atoms in total. The second-order valence-electron chi connectivity index (χ2n) is 3.18. The third-order valence-electron chi connectivity index (χ3n) is 2.19. The number of nitrogens with zero attached hydrogens (tertiary/aromatic N) is 2. The van der Waals surface area contributed by atoms with Crippen LogP contribution < -0.4 is 11.0 Å². The molecular formula is C9H17N3O. The van der Waals surface area contributed by atoms with Crippen molar-refractivity contribution in [1.29, 1.82) is 0 Å². The Bertz CT molecular complexity index is 313. The molecule has 1 aromatic rings. The number of imidazole rings is 1. The van der Waals surface area contributed by atoms with Crippen molar-refractivity contribution in [3.05, 3.63) is 22.9 Å². The minimum atomic E-state index is 0.0743. The molecule has 1 heterocycles. The first-order valence-corrected chi connectivity index (χ1v) is 4.62. The first kappa shape index (κ1) is 10.1. The van der Waals surface area contributed by atoms with Gasteiger partial charge in [0, 0.05) is 31.5 Å². The van der Waals surface area contributed by atoms with Gasteiger partial charge in [0.1, 0.15) is 0 Å². The van der Waals surface area contributed by atoms with E-state index in [1.807, 2.05) is 33.3 Å². The summed E-state index contributed by atoms with van der Waals surface area (Å²) in [7, 11) is 1.89. The number of hydrogen-bond donors (Lipinski definition) is 1. The summed E-state index contributed by atoms with van der Waals surface area (Å²) in [6, 6.07) is 0.213. The molecule has 0 aliphatic rings. The first-order chi connectivity index (χ1) is 6.20. The predicted octanol–water partition coefficient (Wildman–Crippen LogP) is 0.450. The normalized spacial score (nSPS) is 13.2. The number of aryl methyl sites for hydroxylation is 1. The first-order valence-electron chi connectivity index (χ1n) is 4.62. The third kappa shape index (κ3) is 2.01. The third-order valence-corrected chi connectivity index (χ3v) is 2.19. The zero-order chi connectivity index (χ0) is 9.84. The summed E-state index contributed by atoms with van der Waals surface area (Å²) in [6.45, 7) is 5.54. The molecule has 1 N–H and O–H groups in total. The molecule has 0 saturated carbocycles. The summed E-state index contributed by atoms with van der Waals surface area (Å²) >= 11 is 0. The van der Waals surface area contributed by atoms with Gasteiger partial charge in [0.2, 0.25) is 0 Å². The summed E-state index contributed by atoms with van der Waals surface area (Å²) in [5.74, 6) is 0. The highest BCUT2D eigenvalue weighted by molar-refractivity contribution is 4.84. The molecule has 0 saturated heterocycles. The molecule has 0 aliphatic heterocycles. The Morgan fingerprint density at radius 2 is 2.23 bits per heavy atom. The molecule has 74 valence electrons. The average molecular weight is 183 g/mol. The van der Waals surface area contributed by atoms with Gasteiger partial charge in [-0.05, 0) is 20.9 Å². The summed E-state index contributed by atoms with van der Waals surface area (Å²) in [5.41, 5.74) is 0.0743. The minimum absolute atomic E-state index is 0.0743. The van der Waals surface area contributed by atoms with Gasteiger partial charge in [-0.1, -0.05) is 0 Å². The smallest absolute Gasteiger partial charge is 0.318 e. The summed E-state index contributed by atoms with van der Waals surface area (Å²) in [6.07, 6.45) is 3.67. The molecule has 1 rings (SSSR count). The summed E-state index contributed by atoms with van der Waals surface area (Å²) < 4.78 is 3.45. The van der Waals surface area contributed by atoms with Crippen LogP contribution in [0, 0.1) is 0 Å². The van der Waals surface area contributed by atoms with Crippen LogP contribution >= 0.6 is 0 Å². The highest BCUT2D eigenvalue weighted by Gasteiger charge is 2.07. The Morgan fingerprint density at radius 3 is 2.69 bits per heavy atom. The topological polar surface area (TPSA) is 39.0 Å². The molecule has 1 atom stereocenters. The van der Waals surface area contributed by atoms with Gasteiger partial charge in [0.25, 0.3) is 0 Å². The van der Waals surface area contributed by atoms with E-state index in [9.17, 15) is 4.79 Å². The van der Waals surface area contributed by atoms with Gasteiger partial charge < -0.3 is 5.32 Å². The van der Waals surface area contributed by atoms with E-state index < -0.39 is 0 Å². The number of likely N-dealkylation sites (N-methyl/N-ethyl adjacent to an activating group) is 1. The quantitative estimate of drug-likeness (QED) is 0.736. The fourth-order valence-electron chi connectivity index (χ4n) is 1.40. The Hall–Kier alpha value is -1.03. The summed E-state index contributed by atoms with van der Waals surface area (Å²) in [4.78, 5) is 11.6. The van der Waals surface area contributed by atoms with E-state index in [0.717, 1.165) is 13.1 Å². The van der Waals surface area contributed by atoms with Crippen molar-refractivity contribution in [2.24, 2.45) is 0 Å². The fraction of sp³-hybridized carbons (Fsp3) is 0.667. The largest absolute Gasteiger partial charge is 0.328 e. The van der Waals surface area contributed by atoms with E-state index in [1.165, 1.54) is 0 Å². The zero-order valence-electron chi connectivity index (χ0n) is 8.45. The van der Waals surface area contributed by atoms with Gasteiger partial charge in [0.05, 0.1) is 0 Å². The molecule has 0 aliphatic carbocycles. The Balaban J connectivity index is 2.89. The predicted molar refractivity (Wildman–Crippen MR) is 53.0 cm³/mol. The molecule has 0 aromatic carbocycles. The number of aromatic nitrogens is 2. The van der Waals surface area contributed by atoms with E-state index in [2.05, 4.69) is 5.32 Å². The Morgan fingerprint density at radius 1 is 1.54 bits per heavy atom. The standard InChI is InChI=1S/C9H17N3O/c1-4-11-5-6-12(9(11)13)8(2)7-10-3/h5-6,8,10H,4,7H2,1-3H3. The molecule has 13 heavy (non-hydrogen) atoms. The minimum Gasteiger partial charge on any atom is -0.318 e. The van der Waals surface area contributed by atoms with Crippen LogP contribution in [0.4, 0.5) is 0 Å². The lowest BCUT2D eigenvalue weighted by molar-refractivity contribution is 0.494. The maximum Gasteiger partial charge on any atom is 0.328 e. The Kier molecular flexibility index (Phi) is 3.31. The fourth-order valence-corrected chi connectivity index (χ4v) is 1.40. The number of hydrogen-bond acceptors (Lipinski definition) is 2. The lowest BCUT2D eigenvalue weighted by atomic mass is 10.3. The van der Waals surface area contributed by atoms with Crippen LogP contribution in [0.1, 0.15) is 19.9 Å². The van der Waals surface area contributed by atoms with E-state index in [1.54, 1.807) is 9.13 Å². The number of rotatable bonds is 4. The molecule has 0 radical (unpaired) electrons. The maximum atomic E-state index is 11.6. The van der Waals surface area contributed by atoms with Crippen LogP contribution in [-0.4, -0.2) is 22.7 Å². The maximum absolute atomic E-state index is 11.6. The van der Waals surface area contributed by atoms with Crippen molar-refractivity contribution in [2.75, 3.05) is 13.6 Å². The van der Waals surface area contributed by atoms with Crippen molar-refractivity contribution in [3.63, 3.8) is 0 Å². The molecule has 1 unspecified atom stereocenters. The Labute approximate surface area is 78.2 Å². The van der Waals surface area contributed by atoms with Crippen LogP contribution in [0.5, 0.6) is 0 Å². The van der Waals surface area contributed by atoms with Crippen molar-refractivity contribution >= 4 is 0 Å². The second kappa shape index (κ2) is 4.28. The van der Waals surface area contributed by atoms with E-state index in [0.29, 0.717) is 0 Å². The van der Waals surface area contributed by atoms with Gasteiger partial charge in [-0.15, -0.1) is 0 Å². The van der Waals surface area contributed by atoms with Crippen molar-refractivity contribution in [1.82, 2.24) is 14.5 Å². The van der Waals surface area contributed by atoms with Gasteiger partial charge >= 0.3 is 5.69 Å². The van der Waals surface area contributed by atoms with Gasteiger partial charge in [-0.2, -0.15) is 0 Å². The highest BCUT2D eigenvalue weighted by Crippen LogP contribution is 1.99. The van der Waals surface area contributed by atoms with Gasteiger partial charge in [0.15, 0.2) is 0 Å².